The minimum atomic E-state index is -0.914. The number of carboxylic acid groups (broad SMARTS) is 1. The van der Waals surface area contributed by atoms with Gasteiger partial charge in [-0.25, -0.2) is 0 Å². The van der Waals surface area contributed by atoms with Crippen LogP contribution in [-0.2, 0) is 9.59 Å². The zero-order valence-corrected chi connectivity index (χ0v) is 8.83. The van der Waals surface area contributed by atoms with Crippen molar-refractivity contribution in [3.05, 3.63) is 0 Å². The van der Waals surface area contributed by atoms with Gasteiger partial charge in [0, 0.05) is 13.0 Å². The lowest BCUT2D eigenvalue weighted by Gasteiger charge is -2.19. The third-order valence-electron chi connectivity index (χ3n) is 1.72. The molecule has 0 aromatic heterocycles. The summed E-state index contributed by atoms with van der Waals surface area (Å²) < 4.78 is 0. The first-order chi connectivity index (χ1) is 6.23. The Morgan fingerprint density at radius 2 is 2.00 bits per heavy atom. The fraction of sp³-hybridized carbons (Fsp3) is 0.778. The van der Waals surface area contributed by atoms with Gasteiger partial charge in [0.25, 0.3) is 0 Å². The Labute approximate surface area is 83.7 Å². The van der Waals surface area contributed by atoms with Crippen LogP contribution in [-0.4, -0.2) is 29.1 Å². The van der Waals surface area contributed by atoms with E-state index in [-0.39, 0.29) is 18.2 Å². The Morgan fingerprint density at radius 1 is 1.50 bits per heavy atom. The van der Waals surface area contributed by atoms with Crippen molar-refractivity contribution in [2.75, 3.05) is 6.54 Å². The molecular formula is C9H18N2O3. The maximum absolute atomic E-state index is 11.3. The average Bonchev–Trinajstić information content (AvgIpc) is 1.96. The van der Waals surface area contributed by atoms with Crippen LogP contribution in [0.1, 0.15) is 27.2 Å². The minimum absolute atomic E-state index is 0.0469. The molecule has 0 spiro atoms. The van der Waals surface area contributed by atoms with Gasteiger partial charge in [-0.2, -0.15) is 0 Å². The monoisotopic (exact) mass is 202 g/mol. The van der Waals surface area contributed by atoms with Crippen LogP contribution in [0.4, 0.5) is 0 Å². The highest BCUT2D eigenvalue weighted by Gasteiger charge is 2.21. The van der Waals surface area contributed by atoms with Crippen LogP contribution >= 0.6 is 0 Å². The van der Waals surface area contributed by atoms with E-state index in [1.54, 1.807) is 20.8 Å². The molecule has 5 heteroatoms. The van der Waals surface area contributed by atoms with Gasteiger partial charge in [0.1, 0.15) is 0 Å². The lowest BCUT2D eigenvalue weighted by atomic mass is 10.0. The van der Waals surface area contributed by atoms with E-state index in [9.17, 15) is 9.59 Å². The van der Waals surface area contributed by atoms with E-state index in [1.807, 2.05) is 0 Å². The topological polar surface area (TPSA) is 92.4 Å². The maximum atomic E-state index is 11.3. The van der Waals surface area contributed by atoms with E-state index < -0.39 is 11.5 Å². The van der Waals surface area contributed by atoms with E-state index >= 15 is 0 Å². The highest BCUT2D eigenvalue weighted by atomic mass is 16.4. The van der Waals surface area contributed by atoms with E-state index in [4.69, 9.17) is 10.8 Å². The molecule has 0 aliphatic heterocycles. The first-order valence-corrected chi connectivity index (χ1v) is 4.52. The van der Waals surface area contributed by atoms with Crippen molar-refractivity contribution in [1.29, 1.82) is 0 Å². The minimum Gasteiger partial charge on any atom is -0.481 e. The molecule has 0 rings (SSSR count). The summed E-state index contributed by atoms with van der Waals surface area (Å²) >= 11 is 0. The highest BCUT2D eigenvalue weighted by Crippen LogP contribution is 2.01. The molecule has 0 aromatic rings. The van der Waals surface area contributed by atoms with Crippen LogP contribution in [0.15, 0.2) is 0 Å². The quantitative estimate of drug-likeness (QED) is 0.582. The van der Waals surface area contributed by atoms with Gasteiger partial charge in [0.15, 0.2) is 0 Å². The van der Waals surface area contributed by atoms with E-state index in [2.05, 4.69) is 5.32 Å². The van der Waals surface area contributed by atoms with Crippen molar-refractivity contribution in [2.45, 2.75) is 32.7 Å². The van der Waals surface area contributed by atoms with Gasteiger partial charge in [-0.15, -0.1) is 0 Å². The van der Waals surface area contributed by atoms with Crippen LogP contribution in [0.2, 0.25) is 0 Å². The van der Waals surface area contributed by atoms with E-state index in [1.165, 1.54) is 0 Å². The molecule has 1 amide bonds. The molecule has 1 atom stereocenters. The summed E-state index contributed by atoms with van der Waals surface area (Å²) in [5, 5.41) is 11.1. The summed E-state index contributed by atoms with van der Waals surface area (Å²) in [6, 6.07) is 0. The number of nitrogens with one attached hydrogen (secondary N) is 1. The lowest BCUT2D eigenvalue weighted by molar-refractivity contribution is -0.138. The predicted molar refractivity (Wildman–Crippen MR) is 52.7 cm³/mol. The molecule has 0 saturated heterocycles. The summed E-state index contributed by atoms with van der Waals surface area (Å²) in [7, 11) is 0. The molecule has 0 bridgehead atoms. The normalized spacial score (nSPS) is 13.4. The van der Waals surface area contributed by atoms with Crippen LogP contribution < -0.4 is 11.1 Å². The van der Waals surface area contributed by atoms with Crippen molar-refractivity contribution < 1.29 is 14.7 Å². The molecule has 0 radical (unpaired) electrons. The molecule has 0 aromatic carbocycles. The Hall–Kier alpha value is -1.10. The van der Waals surface area contributed by atoms with Gasteiger partial charge in [-0.05, 0) is 19.8 Å². The molecule has 5 nitrogen and oxygen atoms in total. The fourth-order valence-corrected chi connectivity index (χ4v) is 0.865. The fourth-order valence-electron chi connectivity index (χ4n) is 0.865. The Bertz CT molecular complexity index is 221. The number of nitrogens with two attached hydrogens (primary N) is 1. The number of rotatable bonds is 5. The number of carbonyl (C=O) groups is 2. The third kappa shape index (κ3) is 5.53. The summed E-state index contributed by atoms with van der Waals surface area (Å²) in [4.78, 5) is 21.6. The van der Waals surface area contributed by atoms with Gasteiger partial charge in [-0.3, -0.25) is 9.59 Å². The van der Waals surface area contributed by atoms with Crippen LogP contribution in [0.25, 0.3) is 0 Å². The lowest BCUT2D eigenvalue weighted by Crippen LogP contribution is -2.50. The molecule has 0 fully saturated rings. The zero-order chi connectivity index (χ0) is 11.4. The first kappa shape index (κ1) is 12.9. The van der Waals surface area contributed by atoms with Crippen LogP contribution in [0, 0.1) is 5.92 Å². The smallest absolute Gasteiger partial charge is 0.303 e. The van der Waals surface area contributed by atoms with E-state index in [0.717, 1.165) is 0 Å². The SMILES string of the molecule is CC(CNC(=O)C(C)(C)N)CC(=O)O. The van der Waals surface area contributed by atoms with Crippen molar-refractivity contribution >= 4 is 11.9 Å². The summed E-state index contributed by atoms with van der Waals surface area (Å²) in [6.45, 7) is 5.30. The largest absolute Gasteiger partial charge is 0.481 e. The summed E-state index contributed by atoms with van der Waals surface area (Å²) in [6.07, 6.45) is 0.0469. The molecule has 1 unspecified atom stereocenters. The molecule has 0 saturated carbocycles. The van der Waals surface area contributed by atoms with Gasteiger partial charge in [0.05, 0.1) is 5.54 Å². The first-order valence-electron chi connectivity index (χ1n) is 4.52. The van der Waals surface area contributed by atoms with Gasteiger partial charge in [0.2, 0.25) is 5.91 Å². The molecule has 82 valence electrons. The van der Waals surface area contributed by atoms with Crippen molar-refractivity contribution in [3.63, 3.8) is 0 Å². The molecule has 14 heavy (non-hydrogen) atoms. The third-order valence-corrected chi connectivity index (χ3v) is 1.72. The highest BCUT2D eigenvalue weighted by molar-refractivity contribution is 5.85. The Balaban J connectivity index is 3.84. The van der Waals surface area contributed by atoms with E-state index in [0.29, 0.717) is 6.54 Å². The predicted octanol–water partition coefficient (Wildman–Crippen LogP) is -0.0493. The number of hydrogen-bond donors (Lipinski definition) is 3. The van der Waals surface area contributed by atoms with Gasteiger partial charge < -0.3 is 16.2 Å². The van der Waals surface area contributed by atoms with Crippen LogP contribution in [0.3, 0.4) is 0 Å². The standard InChI is InChI=1S/C9H18N2O3/c1-6(4-7(12)13)5-11-8(14)9(2,3)10/h6H,4-5,10H2,1-3H3,(H,11,14)(H,12,13). The summed E-state index contributed by atoms with van der Waals surface area (Å²) in [5.74, 6) is -1.22. The number of hydrogen-bond acceptors (Lipinski definition) is 3. The second-order valence-electron chi connectivity index (χ2n) is 4.13. The average molecular weight is 202 g/mol. The number of aliphatic carboxylic acids is 1. The van der Waals surface area contributed by atoms with Gasteiger partial charge >= 0.3 is 5.97 Å². The maximum Gasteiger partial charge on any atom is 0.303 e. The number of carboxylic acids is 1. The van der Waals surface area contributed by atoms with Crippen molar-refractivity contribution in [2.24, 2.45) is 11.7 Å². The molecular weight excluding hydrogens is 184 g/mol. The second kappa shape index (κ2) is 4.95. The molecule has 4 N–H and O–H groups in total. The second-order valence-corrected chi connectivity index (χ2v) is 4.13. The molecule has 0 heterocycles. The van der Waals surface area contributed by atoms with Crippen LogP contribution in [0.5, 0.6) is 0 Å². The van der Waals surface area contributed by atoms with Crippen molar-refractivity contribution in [1.82, 2.24) is 5.32 Å². The molecule has 0 aliphatic rings. The Kier molecular flexibility index (Phi) is 4.56. The number of carbonyl (C=O) groups excluding carboxylic acids is 1. The number of amides is 1. The molecule has 0 aliphatic carbocycles. The summed E-state index contributed by atoms with van der Waals surface area (Å²) in [5.41, 5.74) is 4.62. The van der Waals surface area contributed by atoms with Crippen molar-refractivity contribution in [3.8, 4) is 0 Å². The zero-order valence-electron chi connectivity index (χ0n) is 8.83. The Morgan fingerprint density at radius 3 is 2.36 bits per heavy atom. The van der Waals surface area contributed by atoms with Gasteiger partial charge in [-0.1, -0.05) is 6.92 Å².